The van der Waals surface area contributed by atoms with Crippen molar-refractivity contribution in [3.8, 4) is 0 Å². The summed E-state index contributed by atoms with van der Waals surface area (Å²) in [5, 5.41) is 30.9. The summed E-state index contributed by atoms with van der Waals surface area (Å²) in [6.07, 6.45) is 45.3. The van der Waals surface area contributed by atoms with E-state index in [0.29, 0.717) is 25.7 Å². The van der Waals surface area contributed by atoms with Gasteiger partial charge in [0.05, 0.1) is 6.61 Å². The van der Waals surface area contributed by atoms with E-state index in [-0.39, 0.29) is 19.4 Å². The van der Waals surface area contributed by atoms with Crippen molar-refractivity contribution in [2.75, 3.05) is 19.0 Å². The van der Waals surface area contributed by atoms with E-state index in [1.54, 1.807) is 0 Å². The van der Waals surface area contributed by atoms with Gasteiger partial charge in [-0.2, -0.15) is 8.42 Å². The predicted molar refractivity (Wildman–Crippen MR) is 265 cm³/mol. The fourth-order valence-corrected chi connectivity index (χ4v) is 7.99. The molecule has 0 aromatic heterocycles. The molecule has 0 saturated carbocycles. The molecule has 0 aromatic rings. The Morgan fingerprint density at radius 1 is 0.515 bits per heavy atom. The third-order valence-corrected chi connectivity index (χ3v) is 12.0. The van der Waals surface area contributed by atoms with Crippen molar-refractivity contribution < 1.29 is 56.8 Å². The summed E-state index contributed by atoms with van der Waals surface area (Å²) in [7, 11) is -4.62. The number of esters is 2. The molecule has 66 heavy (non-hydrogen) atoms. The average molecular weight is 951 g/mol. The van der Waals surface area contributed by atoms with Crippen LogP contribution in [0, 0.1) is 0 Å². The first-order chi connectivity index (χ1) is 32.0. The number of aliphatic hydroxyl groups is 3. The monoisotopic (exact) mass is 951 g/mol. The summed E-state index contributed by atoms with van der Waals surface area (Å²) in [4.78, 5) is 25.5. The topological polar surface area (TPSA) is 186 Å². The molecule has 12 nitrogen and oxygen atoms in total. The number of carbonyl (C=O) groups excluding carboxylic acids is 2. The second kappa shape index (κ2) is 42.2. The quantitative estimate of drug-likeness (QED) is 0.0197. The maximum atomic E-state index is 12.8. The Balaban J connectivity index is 2.46. The molecule has 0 amide bonds. The molecule has 0 aromatic carbocycles. The highest BCUT2D eigenvalue weighted by molar-refractivity contribution is 7.85. The molecule has 2 unspecified atom stereocenters. The van der Waals surface area contributed by atoms with Crippen molar-refractivity contribution in [3.05, 3.63) is 72.9 Å². The predicted octanol–water partition coefficient (Wildman–Crippen LogP) is 11.5. The van der Waals surface area contributed by atoms with Crippen LogP contribution in [0.25, 0.3) is 0 Å². The fourth-order valence-electron chi connectivity index (χ4n) is 7.30. The number of hydrogen-bond acceptors (Lipinski definition) is 11. The largest absolute Gasteiger partial charge is 0.462 e. The lowest BCUT2D eigenvalue weighted by Crippen LogP contribution is -2.60. The van der Waals surface area contributed by atoms with Crippen molar-refractivity contribution in [2.45, 2.75) is 230 Å². The standard InChI is InChI=1S/C53H90O12S/c1-3-5-7-9-11-13-15-17-19-21-22-23-24-26-27-29-31-33-35-37-39-41-48(54)62-43-46(44-63-53-52(58)51(57)50(56)47(65-53)45-66(59,60)61)64-49(55)42-40-38-36-34-32-30-28-25-20-18-16-14-12-10-8-6-4-2/h19,21,23-24,27-30,33-36,46-47,50-53,56-58H,3-18,20,22,25-26,31-32,37-45H2,1-2H3,(H,59,60,61)/b21-19+,24-23+,29-27+,30-28+,35-33+,36-34+/t46-,47-,50-,51?,52?,53+/m1/s1. The van der Waals surface area contributed by atoms with Crippen LogP contribution in [0.4, 0.5) is 0 Å². The van der Waals surface area contributed by atoms with Crippen molar-refractivity contribution in [1.82, 2.24) is 0 Å². The summed E-state index contributed by atoms with van der Waals surface area (Å²) in [5.74, 6) is -2.12. The highest BCUT2D eigenvalue weighted by Gasteiger charge is 2.46. The van der Waals surface area contributed by atoms with Crippen LogP contribution in [-0.4, -0.2) is 96.0 Å². The van der Waals surface area contributed by atoms with Gasteiger partial charge in [-0.25, -0.2) is 0 Å². The lowest BCUT2D eigenvalue weighted by atomic mass is 10.00. The highest BCUT2D eigenvalue weighted by Crippen LogP contribution is 2.24. The third kappa shape index (κ3) is 36.2. The fraction of sp³-hybridized carbons (Fsp3) is 0.736. The first-order valence-corrected chi connectivity index (χ1v) is 27.1. The van der Waals surface area contributed by atoms with E-state index < -0.39 is 71.2 Å². The number of aliphatic hydroxyl groups excluding tert-OH is 3. The normalized spacial score (nSPS) is 20.0. The Bertz CT molecular complexity index is 1490. The van der Waals surface area contributed by atoms with Gasteiger partial charge in [0.2, 0.25) is 0 Å². The number of unbranched alkanes of at least 4 members (excludes halogenated alkanes) is 18. The van der Waals surface area contributed by atoms with Gasteiger partial charge >= 0.3 is 11.9 Å². The maximum absolute atomic E-state index is 12.8. The second-order valence-electron chi connectivity index (χ2n) is 17.5. The first-order valence-electron chi connectivity index (χ1n) is 25.5. The zero-order chi connectivity index (χ0) is 48.4. The minimum absolute atomic E-state index is 0.0857. The molecule has 13 heteroatoms. The summed E-state index contributed by atoms with van der Waals surface area (Å²) in [5.41, 5.74) is 0. The average Bonchev–Trinajstić information content (AvgIpc) is 3.28. The van der Waals surface area contributed by atoms with Crippen LogP contribution in [0.3, 0.4) is 0 Å². The molecule has 0 bridgehead atoms. The number of rotatable bonds is 42. The van der Waals surface area contributed by atoms with Gasteiger partial charge in [0.25, 0.3) is 10.1 Å². The Hall–Kier alpha value is -2.91. The van der Waals surface area contributed by atoms with Crippen molar-refractivity contribution in [3.63, 3.8) is 0 Å². The Morgan fingerprint density at radius 3 is 1.35 bits per heavy atom. The van der Waals surface area contributed by atoms with E-state index in [9.17, 15) is 37.9 Å². The molecule has 1 fully saturated rings. The molecule has 380 valence electrons. The third-order valence-electron chi connectivity index (χ3n) is 11.3. The molecule has 6 atom stereocenters. The summed E-state index contributed by atoms with van der Waals surface area (Å²) >= 11 is 0. The van der Waals surface area contributed by atoms with Gasteiger partial charge in [-0.15, -0.1) is 0 Å². The smallest absolute Gasteiger partial charge is 0.306 e. The lowest BCUT2D eigenvalue weighted by Gasteiger charge is -2.40. The number of carbonyl (C=O) groups is 2. The van der Waals surface area contributed by atoms with E-state index in [1.165, 1.54) is 103 Å². The van der Waals surface area contributed by atoms with Crippen LogP contribution in [0.1, 0.15) is 194 Å². The number of ether oxygens (including phenoxy) is 4. The van der Waals surface area contributed by atoms with Gasteiger partial charge in [0, 0.05) is 12.8 Å². The van der Waals surface area contributed by atoms with Crippen LogP contribution in [0.2, 0.25) is 0 Å². The van der Waals surface area contributed by atoms with Crippen LogP contribution >= 0.6 is 0 Å². The summed E-state index contributed by atoms with van der Waals surface area (Å²) in [6, 6.07) is 0. The summed E-state index contributed by atoms with van der Waals surface area (Å²) in [6.45, 7) is 3.69. The van der Waals surface area contributed by atoms with Crippen LogP contribution in [0.15, 0.2) is 72.9 Å². The second-order valence-corrected chi connectivity index (χ2v) is 19.0. The van der Waals surface area contributed by atoms with Crippen LogP contribution in [-0.2, 0) is 38.7 Å². The molecule has 4 N–H and O–H groups in total. The molecule has 1 heterocycles. The lowest BCUT2D eigenvalue weighted by molar-refractivity contribution is -0.297. The van der Waals surface area contributed by atoms with Crippen molar-refractivity contribution in [2.24, 2.45) is 0 Å². The summed E-state index contributed by atoms with van der Waals surface area (Å²) < 4.78 is 54.1. The minimum Gasteiger partial charge on any atom is -0.462 e. The van der Waals surface area contributed by atoms with E-state index in [1.807, 2.05) is 12.2 Å². The van der Waals surface area contributed by atoms with Gasteiger partial charge < -0.3 is 34.3 Å². The van der Waals surface area contributed by atoms with Crippen LogP contribution < -0.4 is 0 Å². The Labute approximate surface area is 399 Å². The van der Waals surface area contributed by atoms with Gasteiger partial charge in [-0.1, -0.05) is 177 Å². The Morgan fingerprint density at radius 2 is 0.909 bits per heavy atom. The van der Waals surface area contributed by atoms with Gasteiger partial charge in [0.15, 0.2) is 12.4 Å². The maximum Gasteiger partial charge on any atom is 0.306 e. The van der Waals surface area contributed by atoms with Gasteiger partial charge in [-0.3, -0.25) is 14.1 Å². The molecule has 1 saturated heterocycles. The van der Waals surface area contributed by atoms with Gasteiger partial charge in [0.1, 0.15) is 36.8 Å². The van der Waals surface area contributed by atoms with E-state index in [2.05, 4.69) is 74.6 Å². The minimum atomic E-state index is -4.62. The van der Waals surface area contributed by atoms with E-state index in [4.69, 9.17) is 18.9 Å². The van der Waals surface area contributed by atoms with Crippen molar-refractivity contribution >= 4 is 22.1 Å². The molecule has 0 radical (unpaired) electrons. The number of allylic oxidation sites excluding steroid dienone is 12. The highest BCUT2D eigenvalue weighted by atomic mass is 32.2. The molecule has 1 rings (SSSR count). The first kappa shape index (κ1) is 61.1. The Kier molecular flexibility index (Phi) is 39.1. The molecule has 1 aliphatic rings. The van der Waals surface area contributed by atoms with Crippen molar-refractivity contribution in [1.29, 1.82) is 0 Å². The van der Waals surface area contributed by atoms with E-state index in [0.717, 1.165) is 38.5 Å². The molecule has 0 aliphatic carbocycles. The molecular weight excluding hydrogens is 861 g/mol. The van der Waals surface area contributed by atoms with Crippen LogP contribution in [0.5, 0.6) is 0 Å². The molecular formula is C53H90O12S. The molecule has 0 spiro atoms. The van der Waals surface area contributed by atoms with Gasteiger partial charge in [-0.05, 0) is 77.0 Å². The zero-order valence-electron chi connectivity index (χ0n) is 40.8. The zero-order valence-corrected chi connectivity index (χ0v) is 41.6. The number of hydrogen-bond donors (Lipinski definition) is 4. The molecule has 1 aliphatic heterocycles. The van der Waals surface area contributed by atoms with E-state index >= 15 is 0 Å². The SMILES string of the molecule is CCCCCCCCC/C=C/C/C=C/C/C=C/C/C=C/CCCC(=O)OC[C@H](CO[C@H]1O[C@H](CS(=O)(=O)O)[C@@H](O)C(O)C1O)OC(=O)CCC/C=C/C/C=C/CCCCCCCCCCC.